The predicted molar refractivity (Wildman–Crippen MR) is 40.0 cm³/mol. The van der Waals surface area contributed by atoms with Gasteiger partial charge < -0.3 is 10.0 Å². The van der Waals surface area contributed by atoms with E-state index in [-0.39, 0.29) is 18.5 Å². The van der Waals surface area contributed by atoms with Crippen molar-refractivity contribution in [1.29, 1.82) is 0 Å². The molecule has 1 rings (SSSR count). The Labute approximate surface area is 62.3 Å². The van der Waals surface area contributed by atoms with Crippen molar-refractivity contribution in [3.8, 4) is 0 Å². The monoisotopic (exact) mass is 151 g/mol. The van der Waals surface area contributed by atoms with Crippen molar-refractivity contribution in [1.82, 2.24) is 4.90 Å². The molecule has 1 saturated heterocycles. The van der Waals surface area contributed by atoms with Crippen LogP contribution in [0.4, 0.5) is 0 Å². The van der Waals surface area contributed by atoms with E-state index in [9.17, 15) is 0 Å². The maximum absolute atomic E-state index is 9.04. The number of rotatable bonds is 0. The molecule has 0 aromatic carbocycles. The van der Waals surface area contributed by atoms with Crippen molar-refractivity contribution in [3.05, 3.63) is 0 Å². The van der Waals surface area contributed by atoms with E-state index in [1.54, 1.807) is 0 Å². The summed E-state index contributed by atoms with van der Waals surface area (Å²) in [7, 11) is 2.04. The molecule has 1 aliphatic heterocycles. The van der Waals surface area contributed by atoms with Crippen LogP contribution in [0.1, 0.15) is 12.8 Å². The number of hydrogen-bond donors (Lipinski definition) is 1. The molecule has 0 aliphatic carbocycles. The van der Waals surface area contributed by atoms with Crippen molar-refractivity contribution in [3.63, 3.8) is 0 Å². The van der Waals surface area contributed by atoms with Crippen LogP contribution < -0.4 is 0 Å². The number of aliphatic hydroxyl groups excluding tert-OH is 1. The van der Waals surface area contributed by atoms with Gasteiger partial charge in [-0.15, -0.1) is 12.4 Å². The van der Waals surface area contributed by atoms with Crippen LogP contribution in [0.2, 0.25) is 0 Å². The van der Waals surface area contributed by atoms with E-state index in [0.29, 0.717) is 0 Å². The summed E-state index contributed by atoms with van der Waals surface area (Å²) >= 11 is 0. The van der Waals surface area contributed by atoms with Gasteiger partial charge in [0.1, 0.15) is 0 Å². The molecule has 0 bridgehead atoms. The average molecular weight is 152 g/mol. The van der Waals surface area contributed by atoms with Gasteiger partial charge in [0.15, 0.2) is 0 Å². The number of likely N-dealkylation sites (N-methyl/N-ethyl adjacent to an activating group) is 1. The zero-order valence-corrected chi connectivity index (χ0v) is 6.52. The molecule has 0 spiro atoms. The van der Waals surface area contributed by atoms with E-state index >= 15 is 0 Å². The largest absolute Gasteiger partial charge is 0.392 e. The lowest BCUT2D eigenvalue weighted by atomic mass is 10.1. The smallest absolute Gasteiger partial charge is 0.0667 e. The molecule has 1 heterocycles. The number of aliphatic hydroxyl groups is 1. The third-order valence-corrected chi connectivity index (χ3v) is 1.60. The Hall–Kier alpha value is 0.210. The molecule has 1 aliphatic rings. The minimum absolute atomic E-state index is 0. The van der Waals surface area contributed by atoms with E-state index in [1.165, 1.54) is 0 Å². The summed E-state index contributed by atoms with van der Waals surface area (Å²) in [6.07, 6.45) is 2.08. The molecule has 0 unspecified atom stereocenters. The zero-order chi connectivity index (χ0) is 5.98. The Kier molecular flexibility index (Phi) is 4.19. The summed E-state index contributed by atoms with van der Waals surface area (Å²) < 4.78 is 0. The molecule has 0 aromatic rings. The third-order valence-electron chi connectivity index (χ3n) is 1.60. The van der Waals surface area contributed by atoms with Crippen molar-refractivity contribution in [2.45, 2.75) is 18.9 Å². The highest BCUT2D eigenvalue weighted by atomic mass is 35.5. The summed E-state index contributed by atoms with van der Waals surface area (Å²) in [5.74, 6) is 0. The molecule has 2 nitrogen and oxygen atoms in total. The average Bonchev–Trinajstić information content (AvgIpc) is 1.64. The first-order valence-corrected chi connectivity index (χ1v) is 3.15. The molecule has 3 heteroatoms. The summed E-state index contributed by atoms with van der Waals surface area (Å²) in [6.45, 7) is 2.01. The van der Waals surface area contributed by atoms with Crippen LogP contribution in [0, 0.1) is 0 Å². The highest BCUT2D eigenvalue weighted by Crippen LogP contribution is 2.06. The summed E-state index contributed by atoms with van der Waals surface area (Å²) in [5, 5.41) is 9.04. The Balaban J connectivity index is 0.000000640. The van der Waals surface area contributed by atoms with Gasteiger partial charge in [0, 0.05) is 6.54 Å². The lowest BCUT2D eigenvalue weighted by molar-refractivity contribution is 0.0846. The van der Waals surface area contributed by atoms with Crippen LogP contribution in [0.5, 0.6) is 0 Å². The molecular formula is C6H14ClNO. The molecule has 1 atom stereocenters. The molecule has 9 heavy (non-hydrogen) atoms. The number of hydrogen-bond acceptors (Lipinski definition) is 2. The molecule has 0 saturated carbocycles. The molecular weight excluding hydrogens is 138 g/mol. The Morgan fingerprint density at radius 3 is 2.56 bits per heavy atom. The van der Waals surface area contributed by atoms with Crippen LogP contribution in [-0.2, 0) is 0 Å². The standard InChI is InChI=1S/C6H13NO.ClH/c1-7-4-2-3-6(8)5-7;/h6,8H,2-5H2,1H3;1H/t6-;/m0./s1. The van der Waals surface area contributed by atoms with Gasteiger partial charge in [-0.1, -0.05) is 0 Å². The number of β-amino-alcohol motifs (C(OH)–C–C–N with tert-alkyl or cyclic N) is 1. The second-order valence-electron chi connectivity index (χ2n) is 2.56. The first-order valence-electron chi connectivity index (χ1n) is 3.15. The highest BCUT2D eigenvalue weighted by Gasteiger charge is 2.12. The minimum Gasteiger partial charge on any atom is -0.392 e. The number of piperidine rings is 1. The first kappa shape index (κ1) is 9.21. The molecule has 1 N–H and O–H groups in total. The molecule has 0 radical (unpaired) electrons. The Bertz CT molecular complexity index is 71.5. The van der Waals surface area contributed by atoms with E-state index in [2.05, 4.69) is 4.90 Å². The maximum atomic E-state index is 9.04. The number of halogens is 1. The van der Waals surface area contributed by atoms with Crippen LogP contribution in [0.25, 0.3) is 0 Å². The van der Waals surface area contributed by atoms with Gasteiger partial charge in [0.05, 0.1) is 6.10 Å². The molecule has 0 aromatic heterocycles. The summed E-state index contributed by atoms with van der Waals surface area (Å²) in [5.41, 5.74) is 0. The van der Waals surface area contributed by atoms with Crippen LogP contribution in [-0.4, -0.2) is 36.2 Å². The van der Waals surface area contributed by atoms with E-state index in [4.69, 9.17) is 5.11 Å². The van der Waals surface area contributed by atoms with Gasteiger partial charge in [-0.05, 0) is 26.4 Å². The molecule has 0 amide bonds. The Morgan fingerprint density at radius 2 is 2.22 bits per heavy atom. The van der Waals surface area contributed by atoms with Gasteiger partial charge in [-0.25, -0.2) is 0 Å². The van der Waals surface area contributed by atoms with E-state index in [0.717, 1.165) is 25.9 Å². The van der Waals surface area contributed by atoms with Gasteiger partial charge in [0.2, 0.25) is 0 Å². The van der Waals surface area contributed by atoms with Gasteiger partial charge in [-0.2, -0.15) is 0 Å². The lowest BCUT2D eigenvalue weighted by Crippen LogP contribution is -2.34. The number of nitrogens with zero attached hydrogens (tertiary/aromatic N) is 1. The zero-order valence-electron chi connectivity index (χ0n) is 5.71. The quantitative estimate of drug-likeness (QED) is 0.545. The normalized spacial score (nSPS) is 29.3. The molecule has 56 valence electrons. The second-order valence-corrected chi connectivity index (χ2v) is 2.56. The van der Waals surface area contributed by atoms with Crippen LogP contribution in [0.15, 0.2) is 0 Å². The first-order chi connectivity index (χ1) is 3.79. The lowest BCUT2D eigenvalue weighted by Gasteiger charge is -2.25. The summed E-state index contributed by atoms with van der Waals surface area (Å²) in [4.78, 5) is 2.16. The Morgan fingerprint density at radius 1 is 1.56 bits per heavy atom. The van der Waals surface area contributed by atoms with Crippen LogP contribution >= 0.6 is 12.4 Å². The van der Waals surface area contributed by atoms with E-state index < -0.39 is 0 Å². The predicted octanol–water partition coefficient (Wildman–Crippen LogP) is 0.495. The van der Waals surface area contributed by atoms with E-state index in [1.807, 2.05) is 7.05 Å². The highest BCUT2D eigenvalue weighted by molar-refractivity contribution is 5.85. The maximum Gasteiger partial charge on any atom is 0.0667 e. The minimum atomic E-state index is -0.0613. The van der Waals surface area contributed by atoms with Crippen molar-refractivity contribution < 1.29 is 5.11 Å². The fourth-order valence-electron chi connectivity index (χ4n) is 1.14. The molecule has 1 fully saturated rings. The van der Waals surface area contributed by atoms with Crippen molar-refractivity contribution in [2.75, 3.05) is 20.1 Å². The van der Waals surface area contributed by atoms with Crippen LogP contribution in [0.3, 0.4) is 0 Å². The number of likely N-dealkylation sites (tertiary alicyclic amines) is 1. The summed E-state index contributed by atoms with van der Waals surface area (Å²) in [6, 6.07) is 0. The van der Waals surface area contributed by atoms with Crippen molar-refractivity contribution in [2.24, 2.45) is 0 Å². The van der Waals surface area contributed by atoms with Gasteiger partial charge in [0.25, 0.3) is 0 Å². The third kappa shape index (κ3) is 3.04. The van der Waals surface area contributed by atoms with Crippen molar-refractivity contribution >= 4 is 12.4 Å². The fraction of sp³-hybridized carbons (Fsp3) is 1.00. The topological polar surface area (TPSA) is 23.5 Å². The second kappa shape index (κ2) is 4.09. The fourth-order valence-corrected chi connectivity index (χ4v) is 1.14. The van der Waals surface area contributed by atoms with Gasteiger partial charge >= 0.3 is 0 Å². The van der Waals surface area contributed by atoms with Gasteiger partial charge in [-0.3, -0.25) is 0 Å². The SMILES string of the molecule is CN1CCC[C@H](O)C1.Cl.